The Labute approximate surface area is 116 Å². The van der Waals surface area contributed by atoms with Crippen LogP contribution in [0.5, 0.6) is 5.75 Å². The van der Waals surface area contributed by atoms with Gasteiger partial charge in [-0.05, 0) is 43.2 Å². The number of aryl methyl sites for hydroxylation is 1. The molecule has 0 radical (unpaired) electrons. The van der Waals surface area contributed by atoms with E-state index in [0.29, 0.717) is 0 Å². The number of rotatable bonds is 2. The summed E-state index contributed by atoms with van der Waals surface area (Å²) in [6.45, 7) is 3.87. The number of nitrogens with zero attached hydrogens (tertiary/aromatic N) is 3. The molecule has 5 heteroatoms. The number of benzene rings is 1. The second-order valence-electron chi connectivity index (χ2n) is 4.69. The number of phenolic OH excluding ortho intramolecular Hbond substituents is 1. The van der Waals surface area contributed by atoms with E-state index in [-0.39, 0.29) is 5.75 Å². The molecule has 100 valence electrons. The van der Waals surface area contributed by atoms with Crippen molar-refractivity contribution in [1.29, 1.82) is 0 Å². The summed E-state index contributed by atoms with van der Waals surface area (Å²) in [6.07, 6.45) is 4.92. The van der Waals surface area contributed by atoms with Gasteiger partial charge in [-0.1, -0.05) is 0 Å². The molecule has 2 aromatic heterocycles. The van der Waals surface area contributed by atoms with Crippen molar-refractivity contribution >= 4 is 0 Å². The van der Waals surface area contributed by atoms with Crippen molar-refractivity contribution in [3.63, 3.8) is 0 Å². The summed E-state index contributed by atoms with van der Waals surface area (Å²) >= 11 is 0. The van der Waals surface area contributed by atoms with E-state index in [1.807, 2.05) is 26.0 Å². The molecule has 0 aliphatic heterocycles. The van der Waals surface area contributed by atoms with Crippen LogP contribution in [0, 0.1) is 13.8 Å². The maximum Gasteiger partial charge on any atom is 0.119 e. The Morgan fingerprint density at radius 2 is 2.05 bits per heavy atom. The number of aromatic hydroxyl groups is 1. The highest BCUT2D eigenvalue weighted by molar-refractivity contribution is 5.79. The van der Waals surface area contributed by atoms with Gasteiger partial charge in [0.2, 0.25) is 0 Å². The van der Waals surface area contributed by atoms with Crippen molar-refractivity contribution in [3.8, 4) is 28.3 Å². The zero-order chi connectivity index (χ0) is 14.1. The minimum absolute atomic E-state index is 0.281. The molecule has 0 saturated carbocycles. The third kappa shape index (κ3) is 2.03. The lowest BCUT2D eigenvalue weighted by molar-refractivity contribution is 0.471. The van der Waals surface area contributed by atoms with Crippen LogP contribution in [-0.2, 0) is 0 Å². The number of aromatic amines is 1. The standard InChI is InChI=1S/C15H14N4O/c1-9-5-11(6-14(20)10(9)2)15-12(7-18-19-15)13-3-4-16-8-17-13/h3-8,20H,1-2H3,(H,18,19). The monoisotopic (exact) mass is 266 g/mol. The summed E-state index contributed by atoms with van der Waals surface area (Å²) in [5.74, 6) is 0.281. The van der Waals surface area contributed by atoms with Gasteiger partial charge < -0.3 is 5.11 Å². The largest absolute Gasteiger partial charge is 0.508 e. The Hall–Kier alpha value is -2.69. The molecule has 0 bridgehead atoms. The van der Waals surface area contributed by atoms with E-state index in [9.17, 15) is 5.11 Å². The molecular weight excluding hydrogens is 252 g/mol. The SMILES string of the molecule is Cc1cc(-c2[nH]ncc2-c2ccncn2)cc(O)c1C. The van der Waals surface area contributed by atoms with Crippen molar-refractivity contribution < 1.29 is 5.11 Å². The predicted octanol–water partition coefficient (Wildman–Crippen LogP) is 2.86. The lowest BCUT2D eigenvalue weighted by Gasteiger charge is -2.08. The fourth-order valence-electron chi connectivity index (χ4n) is 2.14. The molecule has 2 heterocycles. The van der Waals surface area contributed by atoms with E-state index in [0.717, 1.165) is 33.6 Å². The van der Waals surface area contributed by atoms with E-state index in [4.69, 9.17) is 0 Å². The first-order valence-electron chi connectivity index (χ1n) is 6.27. The summed E-state index contributed by atoms with van der Waals surface area (Å²) < 4.78 is 0. The summed E-state index contributed by atoms with van der Waals surface area (Å²) in [6, 6.07) is 5.59. The first kappa shape index (κ1) is 12.3. The molecule has 0 aliphatic rings. The van der Waals surface area contributed by atoms with Gasteiger partial charge in [-0.15, -0.1) is 0 Å². The third-order valence-corrected chi connectivity index (χ3v) is 3.43. The molecule has 1 aromatic carbocycles. The molecule has 2 N–H and O–H groups in total. The number of hydrogen-bond donors (Lipinski definition) is 2. The zero-order valence-electron chi connectivity index (χ0n) is 11.3. The fourth-order valence-corrected chi connectivity index (χ4v) is 2.14. The topological polar surface area (TPSA) is 74.7 Å². The molecule has 0 aliphatic carbocycles. The quantitative estimate of drug-likeness (QED) is 0.748. The van der Waals surface area contributed by atoms with E-state index >= 15 is 0 Å². The highest BCUT2D eigenvalue weighted by atomic mass is 16.3. The molecule has 0 spiro atoms. The smallest absolute Gasteiger partial charge is 0.119 e. The molecule has 0 atom stereocenters. The van der Waals surface area contributed by atoms with Crippen molar-refractivity contribution in [2.75, 3.05) is 0 Å². The van der Waals surface area contributed by atoms with Gasteiger partial charge in [-0.3, -0.25) is 5.10 Å². The van der Waals surface area contributed by atoms with Crippen LogP contribution in [0.1, 0.15) is 11.1 Å². The molecule has 3 rings (SSSR count). The highest BCUT2D eigenvalue weighted by Crippen LogP contribution is 2.33. The van der Waals surface area contributed by atoms with Crippen molar-refractivity contribution in [2.45, 2.75) is 13.8 Å². The molecule has 0 unspecified atom stereocenters. The number of hydrogen-bond acceptors (Lipinski definition) is 4. The minimum atomic E-state index is 0.281. The van der Waals surface area contributed by atoms with Crippen LogP contribution < -0.4 is 0 Å². The molecule has 0 saturated heterocycles. The van der Waals surface area contributed by atoms with Gasteiger partial charge in [0, 0.05) is 17.3 Å². The van der Waals surface area contributed by atoms with Crippen molar-refractivity contribution in [3.05, 3.63) is 48.0 Å². The van der Waals surface area contributed by atoms with Crippen LogP contribution in [0.25, 0.3) is 22.5 Å². The van der Waals surface area contributed by atoms with Crippen LogP contribution >= 0.6 is 0 Å². The maximum absolute atomic E-state index is 9.98. The number of H-pyrrole nitrogens is 1. The predicted molar refractivity (Wildman–Crippen MR) is 76.2 cm³/mol. The van der Waals surface area contributed by atoms with E-state index < -0.39 is 0 Å². The normalized spacial score (nSPS) is 10.7. The molecule has 20 heavy (non-hydrogen) atoms. The molecule has 0 amide bonds. The summed E-state index contributed by atoms with van der Waals surface area (Å²) in [5, 5.41) is 17.0. The van der Waals surface area contributed by atoms with Gasteiger partial charge in [-0.2, -0.15) is 5.10 Å². The maximum atomic E-state index is 9.98. The fraction of sp³-hybridized carbons (Fsp3) is 0.133. The van der Waals surface area contributed by atoms with Crippen LogP contribution in [0.4, 0.5) is 0 Å². The summed E-state index contributed by atoms with van der Waals surface area (Å²) in [7, 11) is 0. The van der Waals surface area contributed by atoms with Gasteiger partial charge >= 0.3 is 0 Å². The van der Waals surface area contributed by atoms with Crippen molar-refractivity contribution in [2.24, 2.45) is 0 Å². The summed E-state index contributed by atoms with van der Waals surface area (Å²) in [4.78, 5) is 8.15. The Morgan fingerprint density at radius 1 is 1.20 bits per heavy atom. The van der Waals surface area contributed by atoms with Gasteiger partial charge in [0.1, 0.15) is 12.1 Å². The van der Waals surface area contributed by atoms with E-state index in [1.54, 1.807) is 18.5 Å². The van der Waals surface area contributed by atoms with Gasteiger partial charge in [-0.25, -0.2) is 9.97 Å². The molecule has 5 nitrogen and oxygen atoms in total. The molecule has 0 fully saturated rings. The van der Waals surface area contributed by atoms with Crippen molar-refractivity contribution in [1.82, 2.24) is 20.2 Å². The van der Waals surface area contributed by atoms with Gasteiger partial charge in [0.15, 0.2) is 0 Å². The van der Waals surface area contributed by atoms with Gasteiger partial charge in [0.25, 0.3) is 0 Å². The van der Waals surface area contributed by atoms with Crippen LogP contribution in [0.15, 0.2) is 36.9 Å². The Bertz CT molecular complexity index is 727. The number of aromatic nitrogens is 4. The first-order chi connectivity index (χ1) is 9.66. The van der Waals surface area contributed by atoms with E-state index in [1.165, 1.54) is 6.33 Å². The third-order valence-electron chi connectivity index (χ3n) is 3.43. The molecule has 3 aromatic rings. The number of nitrogens with one attached hydrogen (secondary N) is 1. The van der Waals surface area contributed by atoms with Crippen LogP contribution in [-0.4, -0.2) is 25.3 Å². The number of phenols is 1. The highest BCUT2D eigenvalue weighted by Gasteiger charge is 2.13. The Morgan fingerprint density at radius 3 is 2.75 bits per heavy atom. The second kappa shape index (κ2) is 4.77. The Balaban J connectivity index is 2.15. The zero-order valence-corrected chi connectivity index (χ0v) is 11.3. The first-order valence-corrected chi connectivity index (χ1v) is 6.27. The Kier molecular flexibility index (Phi) is 2.95. The van der Waals surface area contributed by atoms with Crippen LogP contribution in [0.3, 0.4) is 0 Å². The lowest BCUT2D eigenvalue weighted by atomic mass is 10.00. The molecular formula is C15H14N4O. The minimum Gasteiger partial charge on any atom is -0.508 e. The lowest BCUT2D eigenvalue weighted by Crippen LogP contribution is -1.89. The van der Waals surface area contributed by atoms with Crippen LogP contribution in [0.2, 0.25) is 0 Å². The average Bonchev–Trinajstić information content (AvgIpc) is 2.94. The van der Waals surface area contributed by atoms with E-state index in [2.05, 4.69) is 20.2 Å². The second-order valence-corrected chi connectivity index (χ2v) is 4.69. The summed E-state index contributed by atoms with van der Waals surface area (Å²) in [5.41, 5.74) is 5.32. The average molecular weight is 266 g/mol. The van der Waals surface area contributed by atoms with Gasteiger partial charge in [0.05, 0.1) is 17.6 Å².